The average Bonchev–Trinajstić information content (AvgIpc) is 3.49. The molecule has 2 aromatic carbocycles. The van der Waals surface area contributed by atoms with Crippen LogP contribution < -0.4 is 10.1 Å². The van der Waals surface area contributed by atoms with Gasteiger partial charge in [0.25, 0.3) is 5.91 Å². The van der Waals surface area contributed by atoms with Gasteiger partial charge in [-0.3, -0.25) is 9.59 Å². The fraction of sp³-hybridized carbons (Fsp3) is 0.240. The van der Waals surface area contributed by atoms with Gasteiger partial charge in [-0.1, -0.05) is 12.1 Å². The number of para-hydroxylation sites is 1. The first kappa shape index (κ1) is 22.1. The van der Waals surface area contributed by atoms with Gasteiger partial charge < -0.3 is 24.1 Å². The number of carbonyl (C=O) groups excluding carboxylic acids is 2. The maximum atomic E-state index is 13.1. The Morgan fingerprint density at radius 3 is 2.65 bits per heavy atom. The molecule has 0 bridgehead atoms. The van der Waals surface area contributed by atoms with Crippen molar-refractivity contribution in [2.75, 3.05) is 38.7 Å². The van der Waals surface area contributed by atoms with E-state index in [4.69, 9.17) is 13.9 Å². The summed E-state index contributed by atoms with van der Waals surface area (Å²) < 4.78 is 16.4. The Morgan fingerprint density at radius 2 is 1.88 bits per heavy atom. The summed E-state index contributed by atoms with van der Waals surface area (Å²) in [6.07, 6.45) is 0.0807. The van der Waals surface area contributed by atoms with Gasteiger partial charge in [0.2, 0.25) is 11.7 Å². The number of carbonyl (C=O) groups is 2. The molecule has 4 aromatic rings. The number of morpholine rings is 1. The molecular formula is C25H23N3O5S. The van der Waals surface area contributed by atoms with E-state index in [1.165, 1.54) is 11.3 Å². The van der Waals surface area contributed by atoms with Crippen LogP contribution in [0, 0.1) is 0 Å². The molecule has 1 aliphatic heterocycles. The highest BCUT2D eigenvalue weighted by molar-refractivity contribution is 7.13. The molecule has 5 rings (SSSR count). The molecule has 1 aliphatic rings. The summed E-state index contributed by atoms with van der Waals surface area (Å²) in [4.78, 5) is 32.4. The Hall–Kier alpha value is -3.69. The van der Waals surface area contributed by atoms with Crippen LogP contribution in [-0.2, 0) is 16.0 Å². The zero-order valence-corrected chi connectivity index (χ0v) is 19.4. The molecule has 1 fully saturated rings. The van der Waals surface area contributed by atoms with Gasteiger partial charge in [-0.2, -0.15) is 0 Å². The summed E-state index contributed by atoms with van der Waals surface area (Å²) in [5, 5.41) is 6.28. The summed E-state index contributed by atoms with van der Waals surface area (Å²) in [5.41, 5.74) is 2.55. The molecule has 3 heterocycles. The number of nitrogens with zero attached hydrogens (tertiary/aromatic N) is 2. The van der Waals surface area contributed by atoms with Crippen molar-refractivity contribution in [1.29, 1.82) is 0 Å². The fourth-order valence-corrected chi connectivity index (χ4v) is 4.66. The first-order valence-electron chi connectivity index (χ1n) is 10.9. The minimum absolute atomic E-state index is 0.0807. The van der Waals surface area contributed by atoms with E-state index in [2.05, 4.69) is 10.3 Å². The highest BCUT2D eigenvalue weighted by atomic mass is 32.1. The van der Waals surface area contributed by atoms with Gasteiger partial charge in [0.05, 0.1) is 32.4 Å². The van der Waals surface area contributed by atoms with Crippen molar-refractivity contribution in [1.82, 2.24) is 9.88 Å². The van der Waals surface area contributed by atoms with Crippen LogP contribution in [0.5, 0.6) is 5.75 Å². The monoisotopic (exact) mass is 477 g/mol. The Bertz CT molecular complexity index is 1320. The standard InChI is InChI=1S/C25H23N3O5S/c1-31-18-8-6-16(7-9-18)24-26-17(15-34-24)14-21(29)27-22-19-4-2-3-5-20(19)33-23(22)25(30)28-10-12-32-13-11-28/h2-9,15H,10-14H2,1H3,(H,27,29). The predicted octanol–water partition coefficient (Wildman–Crippen LogP) is 4.22. The van der Waals surface area contributed by atoms with Crippen LogP contribution in [0.15, 0.2) is 58.3 Å². The van der Waals surface area contributed by atoms with Crippen molar-refractivity contribution >= 4 is 39.8 Å². The van der Waals surface area contributed by atoms with Crippen molar-refractivity contribution in [3.05, 3.63) is 65.4 Å². The molecular weight excluding hydrogens is 454 g/mol. The molecule has 1 saturated heterocycles. The van der Waals surface area contributed by atoms with Crippen LogP contribution in [0.2, 0.25) is 0 Å². The number of methoxy groups -OCH3 is 1. The van der Waals surface area contributed by atoms with Crippen LogP contribution in [0.3, 0.4) is 0 Å². The fourth-order valence-electron chi connectivity index (χ4n) is 3.83. The third-order valence-corrected chi connectivity index (χ3v) is 6.52. The molecule has 8 nitrogen and oxygen atoms in total. The SMILES string of the molecule is COc1ccc(-c2nc(CC(=O)Nc3c(C(=O)N4CCOCC4)oc4ccccc34)cs2)cc1. The zero-order chi connectivity index (χ0) is 23.5. The second-order valence-corrected chi connectivity index (χ2v) is 8.66. The Labute approximate surface area is 200 Å². The van der Waals surface area contributed by atoms with Gasteiger partial charge >= 0.3 is 0 Å². The number of anilines is 1. The van der Waals surface area contributed by atoms with E-state index in [0.29, 0.717) is 48.7 Å². The van der Waals surface area contributed by atoms with E-state index in [9.17, 15) is 9.59 Å². The molecule has 2 aromatic heterocycles. The highest BCUT2D eigenvalue weighted by Crippen LogP contribution is 2.32. The number of amides is 2. The summed E-state index contributed by atoms with van der Waals surface area (Å²) in [5.74, 6) is 0.378. The van der Waals surface area contributed by atoms with Crippen molar-refractivity contribution in [3.63, 3.8) is 0 Å². The molecule has 0 radical (unpaired) electrons. The van der Waals surface area contributed by atoms with Crippen molar-refractivity contribution in [2.45, 2.75) is 6.42 Å². The molecule has 0 saturated carbocycles. The molecule has 34 heavy (non-hydrogen) atoms. The lowest BCUT2D eigenvalue weighted by Gasteiger charge is -2.26. The third-order valence-electron chi connectivity index (χ3n) is 5.58. The van der Waals surface area contributed by atoms with E-state index in [1.54, 1.807) is 18.1 Å². The maximum Gasteiger partial charge on any atom is 0.291 e. The summed E-state index contributed by atoms with van der Waals surface area (Å²) >= 11 is 1.47. The lowest BCUT2D eigenvalue weighted by atomic mass is 10.2. The molecule has 0 atom stereocenters. The Balaban J connectivity index is 1.35. The number of ether oxygens (including phenoxy) is 2. The van der Waals surface area contributed by atoms with Gasteiger partial charge in [-0.05, 0) is 36.4 Å². The number of thiazole rings is 1. The van der Waals surface area contributed by atoms with Gasteiger partial charge in [-0.25, -0.2) is 4.98 Å². The van der Waals surface area contributed by atoms with Crippen LogP contribution >= 0.6 is 11.3 Å². The van der Waals surface area contributed by atoms with Crippen LogP contribution in [0.1, 0.15) is 16.2 Å². The van der Waals surface area contributed by atoms with Crippen LogP contribution in [-0.4, -0.2) is 55.1 Å². The average molecular weight is 478 g/mol. The zero-order valence-electron chi connectivity index (χ0n) is 18.6. The number of hydrogen-bond acceptors (Lipinski definition) is 7. The summed E-state index contributed by atoms with van der Waals surface area (Å²) in [7, 11) is 1.62. The lowest BCUT2D eigenvalue weighted by molar-refractivity contribution is -0.115. The smallest absolute Gasteiger partial charge is 0.291 e. The number of hydrogen-bond donors (Lipinski definition) is 1. The molecule has 1 N–H and O–H groups in total. The summed E-state index contributed by atoms with van der Waals surface area (Å²) in [6, 6.07) is 14.9. The molecule has 2 amide bonds. The van der Waals surface area contributed by atoms with E-state index in [1.807, 2.05) is 47.8 Å². The number of benzene rings is 2. The number of nitrogens with one attached hydrogen (secondary N) is 1. The second kappa shape index (κ2) is 9.66. The summed E-state index contributed by atoms with van der Waals surface area (Å²) in [6.45, 7) is 1.93. The van der Waals surface area contributed by atoms with Gasteiger partial charge in [0.15, 0.2) is 0 Å². The molecule has 0 unspecified atom stereocenters. The topological polar surface area (TPSA) is 93.9 Å². The van der Waals surface area contributed by atoms with E-state index in [-0.39, 0.29) is 24.0 Å². The van der Waals surface area contributed by atoms with Crippen molar-refractivity contribution in [3.8, 4) is 16.3 Å². The van der Waals surface area contributed by atoms with E-state index >= 15 is 0 Å². The largest absolute Gasteiger partial charge is 0.497 e. The van der Waals surface area contributed by atoms with Crippen LogP contribution in [0.4, 0.5) is 5.69 Å². The highest BCUT2D eigenvalue weighted by Gasteiger charge is 2.27. The third kappa shape index (κ3) is 4.52. The number of fused-ring (bicyclic) bond motifs is 1. The number of furan rings is 1. The minimum atomic E-state index is -0.269. The molecule has 174 valence electrons. The van der Waals surface area contributed by atoms with Crippen LogP contribution in [0.25, 0.3) is 21.5 Å². The Morgan fingerprint density at radius 1 is 1.12 bits per heavy atom. The quantitative estimate of drug-likeness (QED) is 0.447. The van der Waals surface area contributed by atoms with Crippen molar-refractivity contribution < 1.29 is 23.5 Å². The number of rotatable bonds is 6. The maximum absolute atomic E-state index is 13.1. The van der Waals surface area contributed by atoms with Gasteiger partial charge in [0, 0.05) is 29.4 Å². The van der Waals surface area contributed by atoms with Gasteiger partial charge in [0.1, 0.15) is 22.0 Å². The van der Waals surface area contributed by atoms with Crippen molar-refractivity contribution in [2.24, 2.45) is 0 Å². The minimum Gasteiger partial charge on any atom is -0.497 e. The molecule has 9 heteroatoms. The van der Waals surface area contributed by atoms with E-state index < -0.39 is 0 Å². The first-order valence-corrected chi connectivity index (χ1v) is 11.8. The second-order valence-electron chi connectivity index (χ2n) is 7.80. The molecule has 0 aliphatic carbocycles. The Kier molecular flexibility index (Phi) is 6.29. The number of aromatic nitrogens is 1. The first-order chi connectivity index (χ1) is 16.6. The van der Waals surface area contributed by atoms with Gasteiger partial charge in [-0.15, -0.1) is 11.3 Å². The lowest BCUT2D eigenvalue weighted by Crippen LogP contribution is -2.40. The van der Waals surface area contributed by atoms with E-state index in [0.717, 1.165) is 16.3 Å². The molecule has 0 spiro atoms. The normalized spacial score (nSPS) is 13.7. The predicted molar refractivity (Wildman–Crippen MR) is 129 cm³/mol.